The Labute approximate surface area is 208 Å². The summed E-state index contributed by atoms with van der Waals surface area (Å²) in [5, 5.41) is 14.4. The summed E-state index contributed by atoms with van der Waals surface area (Å²) in [6.07, 6.45) is 10.9. The van der Waals surface area contributed by atoms with Gasteiger partial charge in [0.1, 0.15) is 0 Å². The van der Waals surface area contributed by atoms with E-state index >= 15 is 0 Å². The highest BCUT2D eigenvalue weighted by molar-refractivity contribution is 5.83. The minimum atomic E-state index is 0.0138. The highest BCUT2D eigenvalue weighted by Crippen LogP contribution is 2.38. The molecule has 5 rings (SSSR count). The molecular weight excluding hydrogens is 436 g/mol. The SMILES string of the molecule is Cc1cc(C)c2cc(CN(C3CCCC3)C(c3nnnn3C3CCCCC3)C(C)C)c(=O)[nH]c2c1. The summed E-state index contributed by atoms with van der Waals surface area (Å²) in [4.78, 5) is 19.0. The molecule has 2 aliphatic rings. The van der Waals surface area contributed by atoms with Gasteiger partial charge in [-0.1, -0.05) is 52.0 Å². The second kappa shape index (κ2) is 10.2. The summed E-state index contributed by atoms with van der Waals surface area (Å²) in [6, 6.07) is 7.27. The van der Waals surface area contributed by atoms with Crippen LogP contribution in [-0.4, -0.2) is 36.1 Å². The number of rotatable bonds is 7. The molecule has 1 N–H and O–H groups in total. The summed E-state index contributed by atoms with van der Waals surface area (Å²) >= 11 is 0. The Kier molecular flexibility index (Phi) is 7.05. The molecule has 0 aliphatic heterocycles. The highest BCUT2D eigenvalue weighted by Gasteiger charge is 2.36. The van der Waals surface area contributed by atoms with Gasteiger partial charge in [0.25, 0.3) is 5.56 Å². The number of nitrogens with zero attached hydrogens (tertiary/aromatic N) is 5. The molecule has 188 valence electrons. The molecule has 0 amide bonds. The van der Waals surface area contributed by atoms with Gasteiger partial charge in [-0.05, 0) is 79.1 Å². The lowest BCUT2D eigenvalue weighted by molar-refractivity contribution is 0.0815. The Bertz CT molecular complexity index is 1220. The van der Waals surface area contributed by atoms with Gasteiger partial charge in [-0.15, -0.1) is 5.10 Å². The zero-order chi connectivity index (χ0) is 24.5. The summed E-state index contributed by atoms with van der Waals surface area (Å²) in [6.45, 7) is 9.35. The van der Waals surface area contributed by atoms with E-state index in [4.69, 9.17) is 0 Å². The van der Waals surface area contributed by atoms with Gasteiger partial charge in [-0.3, -0.25) is 9.69 Å². The van der Waals surface area contributed by atoms with Crippen molar-refractivity contribution >= 4 is 10.9 Å². The van der Waals surface area contributed by atoms with Crippen molar-refractivity contribution in [2.45, 2.75) is 110 Å². The number of hydrogen-bond donors (Lipinski definition) is 1. The third-order valence-corrected chi connectivity index (χ3v) is 8.23. The molecule has 7 nitrogen and oxygen atoms in total. The lowest BCUT2D eigenvalue weighted by atomic mass is 9.94. The molecule has 0 radical (unpaired) electrons. The van der Waals surface area contributed by atoms with Crippen molar-refractivity contribution in [2.24, 2.45) is 5.92 Å². The topological polar surface area (TPSA) is 79.7 Å². The maximum Gasteiger partial charge on any atom is 0.252 e. The second-order valence-electron chi connectivity index (χ2n) is 11.2. The van der Waals surface area contributed by atoms with E-state index in [-0.39, 0.29) is 11.6 Å². The van der Waals surface area contributed by atoms with Gasteiger partial charge >= 0.3 is 0 Å². The molecule has 2 fully saturated rings. The number of aromatic nitrogens is 5. The second-order valence-corrected chi connectivity index (χ2v) is 11.2. The standard InChI is InChI=1S/C28H40N6O/c1-18(2)26(27-30-31-32-34(27)23-12-6-5-7-13-23)33(22-10-8-9-11-22)17-21-16-24-20(4)14-19(3)15-25(24)29-28(21)35/h14-16,18,22-23,26H,5-13,17H2,1-4H3,(H,29,35). The average Bonchev–Trinajstić information content (AvgIpc) is 3.52. The Morgan fingerprint density at radius 2 is 1.74 bits per heavy atom. The molecular formula is C28H40N6O. The fourth-order valence-electron chi connectivity index (χ4n) is 6.53. The largest absolute Gasteiger partial charge is 0.322 e. The molecule has 2 saturated carbocycles. The van der Waals surface area contributed by atoms with E-state index in [0.717, 1.165) is 48.0 Å². The van der Waals surface area contributed by atoms with E-state index in [1.54, 1.807) is 0 Å². The van der Waals surface area contributed by atoms with Gasteiger partial charge in [0.2, 0.25) is 0 Å². The minimum absolute atomic E-state index is 0.0138. The van der Waals surface area contributed by atoms with Crippen LogP contribution in [0.3, 0.4) is 0 Å². The lowest BCUT2D eigenvalue weighted by Crippen LogP contribution is -2.41. The highest BCUT2D eigenvalue weighted by atomic mass is 16.1. The van der Waals surface area contributed by atoms with Crippen molar-refractivity contribution in [2.75, 3.05) is 0 Å². The number of H-pyrrole nitrogens is 1. The molecule has 2 aromatic heterocycles. The number of aryl methyl sites for hydroxylation is 2. The van der Waals surface area contributed by atoms with Crippen LogP contribution in [0.2, 0.25) is 0 Å². The van der Waals surface area contributed by atoms with E-state index in [1.165, 1.54) is 43.2 Å². The first-order valence-corrected chi connectivity index (χ1v) is 13.6. The Morgan fingerprint density at radius 3 is 2.46 bits per heavy atom. The van der Waals surface area contributed by atoms with Crippen molar-refractivity contribution < 1.29 is 0 Å². The van der Waals surface area contributed by atoms with Gasteiger partial charge < -0.3 is 4.98 Å². The van der Waals surface area contributed by atoms with Crippen LogP contribution < -0.4 is 5.56 Å². The predicted molar refractivity (Wildman–Crippen MR) is 139 cm³/mol. The summed E-state index contributed by atoms with van der Waals surface area (Å²) in [5.41, 5.74) is 4.14. The molecule has 0 saturated heterocycles. The van der Waals surface area contributed by atoms with E-state index in [2.05, 4.69) is 76.0 Å². The van der Waals surface area contributed by atoms with Crippen LogP contribution in [0.15, 0.2) is 23.0 Å². The van der Waals surface area contributed by atoms with Crippen molar-refractivity contribution in [3.8, 4) is 0 Å². The molecule has 0 bridgehead atoms. The minimum Gasteiger partial charge on any atom is -0.322 e. The number of pyridine rings is 1. The monoisotopic (exact) mass is 476 g/mol. The van der Waals surface area contributed by atoms with Crippen LogP contribution in [0.4, 0.5) is 0 Å². The smallest absolute Gasteiger partial charge is 0.252 e. The van der Waals surface area contributed by atoms with E-state index in [1.807, 2.05) is 0 Å². The van der Waals surface area contributed by atoms with Gasteiger partial charge in [-0.25, -0.2) is 4.68 Å². The maximum absolute atomic E-state index is 13.3. The zero-order valence-electron chi connectivity index (χ0n) is 21.8. The third-order valence-electron chi connectivity index (χ3n) is 8.23. The van der Waals surface area contributed by atoms with Crippen LogP contribution in [0.5, 0.6) is 0 Å². The molecule has 3 aromatic rings. The molecule has 2 aliphatic carbocycles. The van der Waals surface area contributed by atoms with E-state index < -0.39 is 0 Å². The number of aromatic amines is 1. The normalized spacial score (nSPS) is 18.8. The van der Waals surface area contributed by atoms with Gasteiger partial charge in [0.15, 0.2) is 5.82 Å². The first-order valence-electron chi connectivity index (χ1n) is 13.6. The molecule has 0 spiro atoms. The van der Waals surface area contributed by atoms with Crippen LogP contribution in [0, 0.1) is 19.8 Å². The molecule has 2 heterocycles. The van der Waals surface area contributed by atoms with E-state index in [9.17, 15) is 4.79 Å². The number of nitrogens with one attached hydrogen (secondary N) is 1. The van der Waals surface area contributed by atoms with Crippen LogP contribution in [-0.2, 0) is 6.54 Å². The Balaban J connectivity index is 1.55. The van der Waals surface area contributed by atoms with Gasteiger partial charge in [0.05, 0.1) is 12.1 Å². The number of benzene rings is 1. The fourth-order valence-corrected chi connectivity index (χ4v) is 6.53. The quantitative estimate of drug-likeness (QED) is 0.468. The number of fused-ring (bicyclic) bond motifs is 1. The Hall–Kier alpha value is -2.54. The van der Waals surface area contributed by atoms with Crippen LogP contribution in [0.25, 0.3) is 10.9 Å². The van der Waals surface area contributed by atoms with Gasteiger partial charge in [-0.2, -0.15) is 0 Å². The summed E-state index contributed by atoms with van der Waals surface area (Å²) < 4.78 is 2.13. The van der Waals surface area contributed by atoms with Crippen molar-refractivity contribution in [3.05, 3.63) is 51.1 Å². The zero-order valence-corrected chi connectivity index (χ0v) is 21.8. The van der Waals surface area contributed by atoms with Crippen molar-refractivity contribution in [1.82, 2.24) is 30.1 Å². The first-order chi connectivity index (χ1) is 16.9. The summed E-state index contributed by atoms with van der Waals surface area (Å²) in [5.74, 6) is 1.30. The van der Waals surface area contributed by atoms with Crippen LogP contribution >= 0.6 is 0 Å². The van der Waals surface area contributed by atoms with E-state index in [0.29, 0.717) is 24.5 Å². The van der Waals surface area contributed by atoms with Crippen molar-refractivity contribution in [1.29, 1.82) is 0 Å². The average molecular weight is 477 g/mol. The molecule has 1 atom stereocenters. The maximum atomic E-state index is 13.3. The molecule has 7 heteroatoms. The predicted octanol–water partition coefficient (Wildman–Crippen LogP) is 5.78. The molecule has 35 heavy (non-hydrogen) atoms. The molecule has 1 aromatic carbocycles. The number of hydrogen-bond acceptors (Lipinski definition) is 5. The molecule has 1 unspecified atom stereocenters. The first kappa shape index (κ1) is 24.2. The number of tetrazole rings is 1. The fraction of sp³-hybridized carbons (Fsp3) is 0.643. The lowest BCUT2D eigenvalue weighted by Gasteiger charge is -2.38. The van der Waals surface area contributed by atoms with Crippen molar-refractivity contribution in [3.63, 3.8) is 0 Å². The third kappa shape index (κ3) is 4.92. The summed E-state index contributed by atoms with van der Waals surface area (Å²) in [7, 11) is 0. The van der Waals surface area contributed by atoms with Gasteiger partial charge in [0, 0.05) is 29.1 Å². The van der Waals surface area contributed by atoms with Crippen LogP contribution in [0.1, 0.15) is 106 Å². The Morgan fingerprint density at radius 1 is 1.03 bits per heavy atom.